The maximum atomic E-state index is 8.63. The Kier molecular flexibility index (Phi) is 15.0. The standard InChI is InChI=1S/C6H6O.AsH3.Cr.F/c7-6-4-2-1-3-5-6;;;/h1-5,7H;1H3;;. The van der Waals surface area contributed by atoms with Crippen LogP contribution in [-0.4, -0.2) is 23.1 Å². The van der Waals surface area contributed by atoms with Crippen molar-refractivity contribution in [3.05, 3.63) is 30.3 Å². The molecule has 0 aromatic heterocycles. The van der Waals surface area contributed by atoms with E-state index in [0.29, 0.717) is 5.75 Å². The molecule has 10 heavy (non-hydrogen) atoms. The fourth-order valence-electron chi connectivity index (χ4n) is 0.428. The van der Waals surface area contributed by atoms with Crippen LogP contribution in [0.15, 0.2) is 30.3 Å². The van der Waals surface area contributed by atoms with Gasteiger partial charge in [-0.1, -0.05) is 18.2 Å². The van der Waals surface area contributed by atoms with Crippen molar-refractivity contribution in [2.45, 2.75) is 0 Å². The first kappa shape index (κ1) is 16.6. The van der Waals surface area contributed by atoms with Crippen LogP contribution in [0.4, 0.5) is 4.70 Å². The van der Waals surface area contributed by atoms with Crippen LogP contribution in [0.5, 0.6) is 5.75 Å². The van der Waals surface area contributed by atoms with Crippen molar-refractivity contribution in [1.82, 2.24) is 0 Å². The van der Waals surface area contributed by atoms with Crippen molar-refractivity contribution in [2.24, 2.45) is 0 Å². The van der Waals surface area contributed by atoms with E-state index in [4.69, 9.17) is 5.11 Å². The van der Waals surface area contributed by atoms with Crippen molar-refractivity contribution < 1.29 is 27.2 Å². The van der Waals surface area contributed by atoms with Gasteiger partial charge in [-0.2, -0.15) is 0 Å². The first-order valence-corrected chi connectivity index (χ1v) is 2.13. The predicted octanol–water partition coefficient (Wildman–Crippen LogP) is 0.626. The molecule has 1 nitrogen and oxygen atoms in total. The van der Waals surface area contributed by atoms with Crippen molar-refractivity contribution in [3.63, 3.8) is 0 Å². The van der Waals surface area contributed by atoms with E-state index in [9.17, 15) is 0 Å². The third-order valence-corrected chi connectivity index (χ3v) is 0.756. The van der Waals surface area contributed by atoms with Gasteiger partial charge in [0.15, 0.2) is 0 Å². The van der Waals surface area contributed by atoms with Crippen molar-refractivity contribution in [3.8, 4) is 5.75 Å². The van der Waals surface area contributed by atoms with E-state index in [2.05, 4.69) is 0 Å². The number of phenolic OH excluding ortho intramolecular Hbond substituents is 1. The molecule has 0 saturated heterocycles. The van der Waals surface area contributed by atoms with Crippen molar-refractivity contribution in [2.75, 3.05) is 0 Å². The van der Waals surface area contributed by atoms with Crippen LogP contribution in [0.25, 0.3) is 0 Å². The largest absolute Gasteiger partial charge is 0 e. The molecule has 1 atom stereocenters. The van der Waals surface area contributed by atoms with E-state index >= 15 is 0 Å². The first-order valence-electron chi connectivity index (χ1n) is 2.13. The monoisotopic (exact) mass is 243 g/mol. The normalized spacial score (nSPS) is 6.00. The molecule has 0 amide bonds. The van der Waals surface area contributed by atoms with Gasteiger partial charge in [-0.25, -0.2) is 0 Å². The molecule has 0 bridgehead atoms. The molecule has 0 aliphatic heterocycles. The summed E-state index contributed by atoms with van der Waals surface area (Å²) in [5.74, 6) is 0.322. The molecule has 0 heterocycles. The number of para-hydroxylation sites is 1. The minimum Gasteiger partial charge on any atom is 0 e. The van der Waals surface area contributed by atoms with Crippen LogP contribution in [0.1, 0.15) is 0 Å². The summed E-state index contributed by atoms with van der Waals surface area (Å²) < 4.78 is 0. The summed E-state index contributed by atoms with van der Waals surface area (Å²) in [4.78, 5) is 0. The van der Waals surface area contributed by atoms with Gasteiger partial charge >= 0.3 is 18.0 Å². The van der Waals surface area contributed by atoms with E-state index < -0.39 is 0 Å². The van der Waals surface area contributed by atoms with E-state index in [0.717, 1.165) is 0 Å². The molecule has 0 aliphatic rings. The third-order valence-electron chi connectivity index (χ3n) is 0.756. The number of halogens is 1. The zero-order valence-corrected chi connectivity index (χ0v) is 9.57. The fraction of sp³-hybridized carbons (Fsp3) is 0. The molecule has 1 aromatic rings. The summed E-state index contributed by atoms with van der Waals surface area (Å²) in [6, 6.07) is 8.71. The summed E-state index contributed by atoms with van der Waals surface area (Å²) in [6.45, 7) is 0. The molecule has 1 radical (unpaired) electrons. The van der Waals surface area contributed by atoms with Gasteiger partial charge in [-0.15, -0.1) is 0 Å². The zero-order chi connectivity index (χ0) is 5.11. The Bertz CT molecular complexity index is 148. The molecule has 1 N–H and O–H groups in total. The van der Waals surface area contributed by atoms with Crippen LogP contribution in [-0.2, 0) is 17.4 Å². The summed E-state index contributed by atoms with van der Waals surface area (Å²) in [6.07, 6.45) is 0. The van der Waals surface area contributed by atoms with Gasteiger partial charge in [0.2, 0.25) is 0 Å². The number of phenols is 1. The molecule has 4 heteroatoms. The van der Waals surface area contributed by atoms with Crippen LogP contribution < -0.4 is 0 Å². The third kappa shape index (κ3) is 6.17. The summed E-state index contributed by atoms with van der Waals surface area (Å²) in [5.41, 5.74) is 0. The van der Waals surface area contributed by atoms with Crippen LogP contribution in [0.2, 0.25) is 0 Å². The van der Waals surface area contributed by atoms with E-state index in [1.54, 1.807) is 24.3 Å². The molecule has 0 saturated carbocycles. The van der Waals surface area contributed by atoms with Crippen LogP contribution >= 0.6 is 0 Å². The molecule has 1 aromatic carbocycles. The van der Waals surface area contributed by atoms with Gasteiger partial charge in [0.05, 0.1) is 0 Å². The second kappa shape index (κ2) is 9.04. The average Bonchev–Trinajstić information content (AvgIpc) is 1.69. The number of hydrogen-bond donors (Lipinski definition) is 1. The Balaban J connectivity index is -0.000000163. The average molecular weight is 243 g/mol. The Morgan fingerprint density at radius 1 is 1.00 bits per heavy atom. The topological polar surface area (TPSA) is 20.2 Å². The molecule has 0 spiro atoms. The molecule has 0 aliphatic carbocycles. The van der Waals surface area contributed by atoms with Crippen LogP contribution in [0.3, 0.4) is 0 Å². The van der Waals surface area contributed by atoms with E-state index in [1.807, 2.05) is 6.07 Å². The van der Waals surface area contributed by atoms with Gasteiger partial charge < -0.3 is 5.11 Å². The summed E-state index contributed by atoms with van der Waals surface area (Å²) in [5, 5.41) is 8.63. The Morgan fingerprint density at radius 3 is 1.60 bits per heavy atom. The summed E-state index contributed by atoms with van der Waals surface area (Å²) >= 11 is 0. The molecular weight excluding hydrogens is 234 g/mol. The smallest absolute Gasteiger partial charge is 0 e. The fourth-order valence-corrected chi connectivity index (χ4v) is 0.428. The molecule has 1 unspecified atom stereocenters. The second-order valence-corrected chi connectivity index (χ2v) is 1.34. The first-order chi connectivity index (χ1) is 3.39. The number of rotatable bonds is 0. The van der Waals surface area contributed by atoms with E-state index in [-0.39, 0.29) is 40.0 Å². The minimum atomic E-state index is 0. The number of benzene rings is 1. The maximum Gasteiger partial charge on any atom is 0 e. The SMILES string of the molecule is Oc1ccccc1.[AsH3].[Cr].[F]. The quantitative estimate of drug-likeness (QED) is 0.662. The molecular formula is C6H9AsCrFO. The van der Waals surface area contributed by atoms with Crippen molar-refractivity contribution >= 4 is 18.0 Å². The molecule has 1 rings (SSSR count). The van der Waals surface area contributed by atoms with Gasteiger partial charge in [0.1, 0.15) is 5.75 Å². The van der Waals surface area contributed by atoms with Gasteiger partial charge in [-0.3, -0.25) is 0 Å². The van der Waals surface area contributed by atoms with Gasteiger partial charge in [0, 0.05) is 22.1 Å². The number of aromatic hydroxyl groups is 1. The van der Waals surface area contributed by atoms with Gasteiger partial charge in [-0.05, 0) is 12.1 Å². The Labute approximate surface area is 81.3 Å². The minimum absolute atomic E-state index is 0. The Hall–Kier alpha value is 0.0409. The second-order valence-electron chi connectivity index (χ2n) is 1.34. The molecule has 0 fully saturated rings. The van der Waals surface area contributed by atoms with E-state index in [1.165, 1.54) is 0 Å². The zero-order valence-electron chi connectivity index (χ0n) is 5.33. The maximum absolute atomic E-state index is 8.63. The van der Waals surface area contributed by atoms with Crippen LogP contribution in [0, 0.1) is 0 Å². The van der Waals surface area contributed by atoms with Gasteiger partial charge in [0.25, 0.3) is 0 Å². The number of hydrogen-bond acceptors (Lipinski definition) is 1. The van der Waals surface area contributed by atoms with Crippen molar-refractivity contribution in [1.29, 1.82) is 0 Å². The summed E-state index contributed by atoms with van der Waals surface area (Å²) in [7, 11) is 0. The molecule has 57 valence electrons. The predicted molar refractivity (Wildman–Crippen MR) is 39.2 cm³/mol. The Morgan fingerprint density at radius 2 is 1.40 bits per heavy atom.